The Bertz CT molecular complexity index is 275. The third-order valence-corrected chi connectivity index (χ3v) is 1.28. The minimum atomic E-state index is 0.509. The average molecular weight is 147 g/mol. The monoisotopic (exact) mass is 147 g/mol. The highest BCUT2D eigenvalue weighted by Crippen LogP contribution is 2.00. The quantitative estimate of drug-likeness (QED) is 0.586. The summed E-state index contributed by atoms with van der Waals surface area (Å²) in [4.78, 5) is 4.06. The van der Waals surface area contributed by atoms with Gasteiger partial charge in [0.1, 0.15) is 0 Å². The first-order chi connectivity index (χ1) is 5.36. The first-order valence-electron chi connectivity index (χ1n) is 3.27. The zero-order valence-corrected chi connectivity index (χ0v) is 6.37. The lowest BCUT2D eigenvalue weighted by molar-refractivity contribution is 0.181. The van der Waals surface area contributed by atoms with Crippen molar-refractivity contribution in [3.8, 4) is 12.3 Å². The lowest BCUT2D eigenvalue weighted by atomic mass is 10.2. The maximum absolute atomic E-state index is 5.20. The van der Waals surface area contributed by atoms with Gasteiger partial charge in [0.25, 0.3) is 0 Å². The van der Waals surface area contributed by atoms with E-state index in [4.69, 9.17) is 11.2 Å². The zero-order valence-electron chi connectivity index (χ0n) is 6.37. The average Bonchev–Trinajstić information content (AvgIpc) is 2.06. The van der Waals surface area contributed by atoms with E-state index < -0.39 is 0 Å². The number of ether oxygens (including phenoxy) is 1. The summed E-state index contributed by atoms with van der Waals surface area (Å²) in [5.74, 6) is 2.53. The Kier molecular flexibility index (Phi) is 2.65. The van der Waals surface area contributed by atoms with Gasteiger partial charge in [-0.1, -0.05) is 5.92 Å². The molecule has 1 aromatic heterocycles. The molecular formula is C9H9NO. The summed E-state index contributed by atoms with van der Waals surface area (Å²) in [5, 5.41) is 0. The van der Waals surface area contributed by atoms with Crippen molar-refractivity contribution in [3.63, 3.8) is 0 Å². The molecule has 0 aliphatic heterocycles. The summed E-state index contributed by atoms with van der Waals surface area (Å²) < 4.78 is 4.90. The molecule has 0 amide bonds. The Morgan fingerprint density at radius 3 is 3.18 bits per heavy atom. The molecule has 0 bridgehead atoms. The number of hydrogen-bond acceptors (Lipinski definition) is 2. The first kappa shape index (κ1) is 7.77. The van der Waals surface area contributed by atoms with Crippen LogP contribution in [0.2, 0.25) is 0 Å². The summed E-state index contributed by atoms with van der Waals surface area (Å²) in [6.45, 7) is 0.509. The molecule has 1 aromatic rings. The summed E-state index contributed by atoms with van der Waals surface area (Å²) in [5.41, 5.74) is 1.70. The van der Waals surface area contributed by atoms with Crippen molar-refractivity contribution >= 4 is 0 Å². The molecule has 1 heterocycles. The fourth-order valence-corrected chi connectivity index (χ4v) is 0.795. The molecule has 2 nitrogen and oxygen atoms in total. The topological polar surface area (TPSA) is 22.1 Å². The highest BCUT2D eigenvalue weighted by Gasteiger charge is 1.92. The van der Waals surface area contributed by atoms with Crippen LogP contribution in [0, 0.1) is 12.3 Å². The number of pyridine rings is 1. The van der Waals surface area contributed by atoms with E-state index in [9.17, 15) is 0 Å². The normalized spacial score (nSPS) is 9.09. The van der Waals surface area contributed by atoms with Crippen molar-refractivity contribution in [2.45, 2.75) is 6.61 Å². The molecule has 1 rings (SSSR count). The highest BCUT2D eigenvalue weighted by molar-refractivity contribution is 5.31. The van der Waals surface area contributed by atoms with Crippen LogP contribution < -0.4 is 0 Å². The van der Waals surface area contributed by atoms with Gasteiger partial charge in [-0.2, -0.15) is 0 Å². The molecule has 0 atom stereocenters. The van der Waals surface area contributed by atoms with Gasteiger partial charge >= 0.3 is 0 Å². The van der Waals surface area contributed by atoms with E-state index in [1.54, 1.807) is 19.4 Å². The van der Waals surface area contributed by atoms with E-state index in [1.807, 2.05) is 6.07 Å². The third kappa shape index (κ3) is 2.06. The highest BCUT2D eigenvalue weighted by atomic mass is 16.5. The van der Waals surface area contributed by atoms with Crippen molar-refractivity contribution in [2.75, 3.05) is 7.11 Å². The summed E-state index contributed by atoms with van der Waals surface area (Å²) in [6, 6.07) is 3.63. The Hall–Kier alpha value is -1.33. The molecule has 0 aliphatic carbocycles. The maximum atomic E-state index is 5.20. The molecule has 0 fully saturated rings. The van der Waals surface area contributed by atoms with Crippen LogP contribution in [-0.4, -0.2) is 12.1 Å². The van der Waals surface area contributed by atoms with Crippen LogP contribution >= 0.6 is 0 Å². The largest absolute Gasteiger partial charge is 0.378 e. The van der Waals surface area contributed by atoms with Gasteiger partial charge in [0.15, 0.2) is 0 Å². The second-order valence-electron chi connectivity index (χ2n) is 2.11. The number of aromatic nitrogens is 1. The Labute approximate surface area is 66.2 Å². The van der Waals surface area contributed by atoms with Crippen LogP contribution in [0.5, 0.6) is 0 Å². The molecule has 0 aliphatic rings. The van der Waals surface area contributed by atoms with Crippen LogP contribution in [0.4, 0.5) is 0 Å². The molecule has 0 unspecified atom stereocenters. The molecule has 11 heavy (non-hydrogen) atoms. The smallest absolute Gasteiger partial charge is 0.0884 e. The molecule has 0 saturated heterocycles. The zero-order chi connectivity index (χ0) is 8.10. The maximum Gasteiger partial charge on any atom is 0.0884 e. The summed E-state index contributed by atoms with van der Waals surface area (Å²) in [7, 11) is 1.63. The predicted molar refractivity (Wildman–Crippen MR) is 42.9 cm³/mol. The van der Waals surface area contributed by atoms with Gasteiger partial charge in [-0.15, -0.1) is 6.42 Å². The van der Waals surface area contributed by atoms with Crippen molar-refractivity contribution in [1.82, 2.24) is 4.98 Å². The van der Waals surface area contributed by atoms with Crippen molar-refractivity contribution in [1.29, 1.82) is 0 Å². The van der Waals surface area contributed by atoms with Gasteiger partial charge < -0.3 is 4.74 Å². The van der Waals surface area contributed by atoms with Crippen molar-refractivity contribution in [3.05, 3.63) is 29.6 Å². The van der Waals surface area contributed by atoms with E-state index >= 15 is 0 Å². The summed E-state index contributed by atoms with van der Waals surface area (Å²) >= 11 is 0. The van der Waals surface area contributed by atoms with Crippen LogP contribution in [0.3, 0.4) is 0 Å². The second-order valence-corrected chi connectivity index (χ2v) is 2.11. The number of nitrogens with zero attached hydrogens (tertiary/aromatic N) is 1. The van der Waals surface area contributed by atoms with E-state index in [0.717, 1.165) is 11.3 Å². The number of hydrogen-bond donors (Lipinski definition) is 0. The molecule has 0 spiro atoms. The van der Waals surface area contributed by atoms with E-state index in [0.29, 0.717) is 6.61 Å². The molecule has 0 aromatic carbocycles. The minimum Gasteiger partial charge on any atom is -0.378 e. The molecule has 0 radical (unpaired) electrons. The lowest BCUT2D eigenvalue weighted by Gasteiger charge is -1.97. The standard InChI is InChI=1S/C9H9NO/c1-3-8-4-5-10-9(6-8)7-11-2/h1,4-6H,7H2,2H3. The Morgan fingerprint density at radius 1 is 1.73 bits per heavy atom. The van der Waals surface area contributed by atoms with Crippen LogP contribution in [-0.2, 0) is 11.3 Å². The van der Waals surface area contributed by atoms with Gasteiger partial charge in [-0.3, -0.25) is 4.98 Å². The molecular weight excluding hydrogens is 138 g/mol. The van der Waals surface area contributed by atoms with E-state index in [-0.39, 0.29) is 0 Å². The van der Waals surface area contributed by atoms with Gasteiger partial charge in [0.05, 0.1) is 12.3 Å². The van der Waals surface area contributed by atoms with Gasteiger partial charge in [-0.05, 0) is 12.1 Å². The Balaban J connectivity index is 2.85. The molecule has 2 heteroatoms. The first-order valence-corrected chi connectivity index (χ1v) is 3.27. The van der Waals surface area contributed by atoms with Crippen LogP contribution in [0.25, 0.3) is 0 Å². The summed E-state index contributed by atoms with van der Waals surface area (Å²) in [6.07, 6.45) is 6.88. The number of terminal acetylenes is 1. The lowest BCUT2D eigenvalue weighted by Crippen LogP contribution is -1.91. The van der Waals surface area contributed by atoms with Crippen molar-refractivity contribution in [2.24, 2.45) is 0 Å². The third-order valence-electron chi connectivity index (χ3n) is 1.28. The molecule has 56 valence electrons. The SMILES string of the molecule is C#Cc1ccnc(COC)c1. The van der Waals surface area contributed by atoms with Gasteiger partial charge in [0.2, 0.25) is 0 Å². The predicted octanol–water partition coefficient (Wildman–Crippen LogP) is 1.21. The fraction of sp³-hybridized carbons (Fsp3) is 0.222. The van der Waals surface area contributed by atoms with Gasteiger partial charge in [0, 0.05) is 18.9 Å². The molecule has 0 N–H and O–H groups in total. The van der Waals surface area contributed by atoms with E-state index in [2.05, 4.69) is 10.9 Å². The van der Waals surface area contributed by atoms with Crippen molar-refractivity contribution < 1.29 is 4.74 Å². The van der Waals surface area contributed by atoms with Crippen LogP contribution in [0.15, 0.2) is 18.3 Å². The van der Waals surface area contributed by atoms with E-state index in [1.165, 1.54) is 0 Å². The Morgan fingerprint density at radius 2 is 2.55 bits per heavy atom. The fourth-order valence-electron chi connectivity index (χ4n) is 0.795. The van der Waals surface area contributed by atoms with Crippen LogP contribution in [0.1, 0.15) is 11.3 Å². The number of methoxy groups -OCH3 is 1. The second kappa shape index (κ2) is 3.75. The molecule has 0 saturated carbocycles. The number of rotatable bonds is 2. The minimum absolute atomic E-state index is 0.509. The van der Waals surface area contributed by atoms with Gasteiger partial charge in [-0.25, -0.2) is 0 Å².